The molecule has 0 unspecified atom stereocenters. The van der Waals surface area contributed by atoms with E-state index in [1.165, 1.54) is 0 Å². The van der Waals surface area contributed by atoms with Crippen molar-refractivity contribution < 1.29 is 0 Å². The Bertz CT molecular complexity index is 208. The Hall–Kier alpha value is -1.44. The van der Waals surface area contributed by atoms with Crippen LogP contribution in [-0.4, -0.2) is 19.5 Å². The molecular formula is C10H14N2. The Morgan fingerprint density at radius 1 is 1.25 bits per heavy atom. The minimum absolute atomic E-state index is 0.716. The summed E-state index contributed by atoms with van der Waals surface area (Å²) in [6.45, 7) is 5.66. The van der Waals surface area contributed by atoms with Crippen molar-refractivity contribution in [2.24, 2.45) is 9.98 Å². The molecule has 0 radical (unpaired) electrons. The first-order chi connectivity index (χ1) is 5.81. The van der Waals surface area contributed by atoms with Crippen molar-refractivity contribution in [3.8, 4) is 0 Å². The van der Waals surface area contributed by atoms with Crippen LogP contribution in [0.15, 0.2) is 46.6 Å². The second-order valence-corrected chi connectivity index (χ2v) is 2.06. The predicted octanol–water partition coefficient (Wildman–Crippen LogP) is 2.40. The van der Waals surface area contributed by atoms with Crippen LogP contribution in [0.5, 0.6) is 0 Å². The van der Waals surface area contributed by atoms with E-state index in [-0.39, 0.29) is 0 Å². The van der Waals surface area contributed by atoms with Gasteiger partial charge in [-0.15, -0.1) is 0 Å². The molecular weight excluding hydrogens is 148 g/mol. The lowest BCUT2D eigenvalue weighted by molar-refractivity contribution is 1.45. The third kappa shape index (κ3) is 6.68. The maximum absolute atomic E-state index is 4.03. The standard InChI is InChI=1S/C10H14N2/c1-4-5-9-12-10(2)7-6-8-11-3/h4-9H,2H2,1,3H3/b5-4-,7-6-,11-8?,12-9?. The highest BCUT2D eigenvalue weighted by Crippen LogP contribution is 1.92. The third-order valence-electron chi connectivity index (χ3n) is 1.04. The van der Waals surface area contributed by atoms with Gasteiger partial charge in [0.15, 0.2) is 0 Å². The first-order valence-corrected chi connectivity index (χ1v) is 3.74. The summed E-state index contributed by atoms with van der Waals surface area (Å²) in [6, 6.07) is 0. The van der Waals surface area contributed by atoms with Gasteiger partial charge in [0.25, 0.3) is 0 Å². The molecule has 0 fully saturated rings. The first kappa shape index (κ1) is 10.6. The highest BCUT2D eigenvalue weighted by molar-refractivity contribution is 5.74. The molecule has 64 valence electrons. The van der Waals surface area contributed by atoms with E-state index in [9.17, 15) is 0 Å². The molecule has 0 aromatic heterocycles. The number of nitrogens with zero attached hydrogens (tertiary/aromatic N) is 2. The van der Waals surface area contributed by atoms with Crippen LogP contribution in [0.25, 0.3) is 0 Å². The maximum Gasteiger partial charge on any atom is 0.0558 e. The minimum atomic E-state index is 0.716. The SMILES string of the molecule is C=C(/C=C\C=NC)N=C/C=C\C. The van der Waals surface area contributed by atoms with Gasteiger partial charge in [-0.05, 0) is 25.2 Å². The van der Waals surface area contributed by atoms with Crippen molar-refractivity contribution in [3.05, 3.63) is 36.6 Å². The summed E-state index contributed by atoms with van der Waals surface area (Å²) >= 11 is 0. The summed E-state index contributed by atoms with van der Waals surface area (Å²) < 4.78 is 0. The van der Waals surface area contributed by atoms with Crippen LogP contribution in [0.4, 0.5) is 0 Å². The fourth-order valence-corrected chi connectivity index (χ4v) is 0.508. The molecule has 2 nitrogen and oxygen atoms in total. The maximum atomic E-state index is 4.03. The van der Waals surface area contributed by atoms with Gasteiger partial charge in [-0.3, -0.25) is 9.98 Å². The van der Waals surface area contributed by atoms with Crippen LogP contribution in [-0.2, 0) is 0 Å². The summed E-state index contributed by atoms with van der Waals surface area (Å²) in [5.41, 5.74) is 0.716. The lowest BCUT2D eigenvalue weighted by Gasteiger charge is -1.84. The molecule has 0 rings (SSSR count). The molecule has 0 heterocycles. The summed E-state index contributed by atoms with van der Waals surface area (Å²) in [6.07, 6.45) is 10.8. The van der Waals surface area contributed by atoms with Crippen molar-refractivity contribution in [1.29, 1.82) is 0 Å². The number of allylic oxidation sites excluding steroid dienone is 4. The highest BCUT2D eigenvalue weighted by atomic mass is 14.7. The Balaban J connectivity index is 3.89. The van der Waals surface area contributed by atoms with Gasteiger partial charge in [0.05, 0.1) is 5.70 Å². The summed E-state index contributed by atoms with van der Waals surface area (Å²) in [7, 11) is 1.72. The smallest absolute Gasteiger partial charge is 0.0558 e. The average Bonchev–Trinajstić information content (AvgIpc) is 2.06. The molecule has 12 heavy (non-hydrogen) atoms. The van der Waals surface area contributed by atoms with E-state index in [1.54, 1.807) is 31.6 Å². The van der Waals surface area contributed by atoms with E-state index in [4.69, 9.17) is 0 Å². The number of hydrogen-bond donors (Lipinski definition) is 0. The van der Waals surface area contributed by atoms with Gasteiger partial charge in [0.2, 0.25) is 0 Å². The first-order valence-electron chi connectivity index (χ1n) is 3.74. The van der Waals surface area contributed by atoms with E-state index in [0.29, 0.717) is 5.70 Å². The summed E-state index contributed by atoms with van der Waals surface area (Å²) in [5, 5.41) is 0. The molecule has 0 N–H and O–H groups in total. The predicted molar refractivity (Wildman–Crippen MR) is 56.0 cm³/mol. The van der Waals surface area contributed by atoms with E-state index in [1.807, 2.05) is 19.1 Å². The van der Waals surface area contributed by atoms with Crippen molar-refractivity contribution in [3.63, 3.8) is 0 Å². The van der Waals surface area contributed by atoms with Gasteiger partial charge >= 0.3 is 0 Å². The zero-order chi connectivity index (χ0) is 9.23. The van der Waals surface area contributed by atoms with Crippen LogP contribution in [0.1, 0.15) is 6.92 Å². The van der Waals surface area contributed by atoms with Gasteiger partial charge in [0.1, 0.15) is 0 Å². The normalized spacial score (nSPS) is 12.8. The van der Waals surface area contributed by atoms with Crippen LogP contribution in [0.3, 0.4) is 0 Å². The van der Waals surface area contributed by atoms with Gasteiger partial charge in [-0.25, -0.2) is 0 Å². The Morgan fingerprint density at radius 2 is 2.00 bits per heavy atom. The number of aliphatic imine (C=N–C) groups is 2. The van der Waals surface area contributed by atoms with E-state index >= 15 is 0 Å². The monoisotopic (exact) mass is 162 g/mol. The topological polar surface area (TPSA) is 24.7 Å². The van der Waals surface area contributed by atoms with Gasteiger partial charge in [0, 0.05) is 19.5 Å². The molecule has 0 amide bonds. The molecule has 0 bridgehead atoms. The number of hydrogen-bond acceptors (Lipinski definition) is 2. The number of rotatable bonds is 4. The Kier molecular flexibility index (Phi) is 6.74. The lowest BCUT2D eigenvalue weighted by Crippen LogP contribution is -1.70. The molecule has 0 spiro atoms. The van der Waals surface area contributed by atoms with Crippen molar-refractivity contribution in [2.75, 3.05) is 7.05 Å². The second-order valence-electron chi connectivity index (χ2n) is 2.06. The quantitative estimate of drug-likeness (QED) is 0.448. The second kappa shape index (κ2) is 7.66. The molecule has 0 aromatic carbocycles. The fraction of sp³-hybridized carbons (Fsp3) is 0.200. The van der Waals surface area contributed by atoms with E-state index in [2.05, 4.69) is 16.6 Å². The summed E-state index contributed by atoms with van der Waals surface area (Å²) in [5.74, 6) is 0. The van der Waals surface area contributed by atoms with Crippen LogP contribution < -0.4 is 0 Å². The van der Waals surface area contributed by atoms with Crippen molar-refractivity contribution >= 4 is 12.4 Å². The van der Waals surface area contributed by atoms with Gasteiger partial charge < -0.3 is 0 Å². The lowest BCUT2D eigenvalue weighted by atomic mass is 10.4. The zero-order valence-corrected chi connectivity index (χ0v) is 7.57. The third-order valence-corrected chi connectivity index (χ3v) is 1.04. The molecule has 2 heteroatoms. The summed E-state index contributed by atoms with van der Waals surface area (Å²) in [4.78, 5) is 7.82. The Morgan fingerprint density at radius 3 is 2.58 bits per heavy atom. The van der Waals surface area contributed by atoms with E-state index in [0.717, 1.165) is 0 Å². The van der Waals surface area contributed by atoms with Gasteiger partial charge in [-0.1, -0.05) is 12.7 Å². The molecule has 0 aliphatic heterocycles. The zero-order valence-electron chi connectivity index (χ0n) is 7.57. The molecule has 0 aliphatic rings. The van der Waals surface area contributed by atoms with Crippen molar-refractivity contribution in [1.82, 2.24) is 0 Å². The molecule has 0 saturated heterocycles. The molecule has 0 aliphatic carbocycles. The van der Waals surface area contributed by atoms with Crippen LogP contribution >= 0.6 is 0 Å². The van der Waals surface area contributed by atoms with Crippen LogP contribution in [0.2, 0.25) is 0 Å². The fourth-order valence-electron chi connectivity index (χ4n) is 0.508. The van der Waals surface area contributed by atoms with Crippen molar-refractivity contribution in [2.45, 2.75) is 6.92 Å². The minimum Gasteiger partial charge on any atom is -0.297 e. The Labute approximate surface area is 73.7 Å². The molecule has 0 aromatic rings. The van der Waals surface area contributed by atoms with Gasteiger partial charge in [-0.2, -0.15) is 0 Å². The highest BCUT2D eigenvalue weighted by Gasteiger charge is 1.76. The molecule has 0 atom stereocenters. The molecule has 0 saturated carbocycles. The average molecular weight is 162 g/mol. The van der Waals surface area contributed by atoms with Crippen LogP contribution in [0, 0.1) is 0 Å². The largest absolute Gasteiger partial charge is 0.297 e. The van der Waals surface area contributed by atoms with E-state index < -0.39 is 0 Å².